The SMILES string of the molecule is COC(=O)c1cnc(Cl)cc1NC1CC(OC(=O)Oc2ccc([N+](=O)[O-])cc2)C1. The van der Waals surface area contributed by atoms with E-state index in [2.05, 4.69) is 10.3 Å². The van der Waals surface area contributed by atoms with Gasteiger partial charge in [0.05, 0.1) is 17.7 Å². The maximum Gasteiger partial charge on any atom is 0.514 e. The van der Waals surface area contributed by atoms with E-state index in [1.165, 1.54) is 43.6 Å². The second-order valence-corrected chi connectivity index (χ2v) is 6.59. The van der Waals surface area contributed by atoms with Crippen LogP contribution in [0.25, 0.3) is 0 Å². The molecule has 3 rings (SSSR count). The van der Waals surface area contributed by atoms with Crippen LogP contribution in [0.4, 0.5) is 16.2 Å². The van der Waals surface area contributed by atoms with Crippen molar-refractivity contribution in [2.75, 3.05) is 12.4 Å². The number of nitrogens with one attached hydrogen (secondary N) is 1. The molecule has 0 saturated heterocycles. The number of anilines is 1. The third kappa shape index (κ3) is 5.11. The van der Waals surface area contributed by atoms with E-state index < -0.39 is 17.0 Å². The van der Waals surface area contributed by atoms with Crippen LogP contribution in [0.1, 0.15) is 23.2 Å². The van der Waals surface area contributed by atoms with Gasteiger partial charge in [0, 0.05) is 37.2 Å². The number of esters is 1. The second-order valence-electron chi connectivity index (χ2n) is 6.20. The molecule has 152 valence electrons. The Bertz CT molecular complexity index is 930. The molecule has 1 fully saturated rings. The number of pyridine rings is 1. The van der Waals surface area contributed by atoms with Crippen LogP contribution in [-0.2, 0) is 9.47 Å². The number of ether oxygens (including phenoxy) is 3. The van der Waals surface area contributed by atoms with Crippen molar-refractivity contribution >= 4 is 35.1 Å². The summed E-state index contributed by atoms with van der Waals surface area (Å²) in [6, 6.07) is 6.55. The summed E-state index contributed by atoms with van der Waals surface area (Å²) in [5.41, 5.74) is 0.619. The van der Waals surface area contributed by atoms with E-state index >= 15 is 0 Å². The molecule has 0 unspecified atom stereocenters. The van der Waals surface area contributed by atoms with Gasteiger partial charge in [-0.25, -0.2) is 14.6 Å². The van der Waals surface area contributed by atoms with E-state index in [1.807, 2.05) is 0 Å². The lowest BCUT2D eigenvalue weighted by Crippen LogP contribution is -2.42. The topological polar surface area (TPSA) is 130 Å². The van der Waals surface area contributed by atoms with Gasteiger partial charge in [0.25, 0.3) is 5.69 Å². The number of carbonyl (C=O) groups is 2. The zero-order valence-corrected chi connectivity index (χ0v) is 15.9. The normalized spacial score (nSPS) is 17.6. The first-order valence-corrected chi connectivity index (χ1v) is 8.87. The van der Waals surface area contributed by atoms with Gasteiger partial charge >= 0.3 is 12.1 Å². The smallest absolute Gasteiger partial charge is 0.465 e. The number of halogens is 1. The van der Waals surface area contributed by atoms with Crippen LogP contribution in [0, 0.1) is 10.1 Å². The van der Waals surface area contributed by atoms with E-state index in [9.17, 15) is 19.7 Å². The number of methoxy groups -OCH3 is 1. The van der Waals surface area contributed by atoms with E-state index in [0.717, 1.165) is 0 Å². The zero-order chi connectivity index (χ0) is 21.0. The molecule has 10 nitrogen and oxygen atoms in total. The number of hydrogen-bond donors (Lipinski definition) is 1. The van der Waals surface area contributed by atoms with Crippen LogP contribution in [-0.4, -0.2) is 41.3 Å². The Morgan fingerprint density at radius 1 is 1.28 bits per heavy atom. The van der Waals surface area contributed by atoms with Gasteiger partial charge in [-0.05, 0) is 18.2 Å². The summed E-state index contributed by atoms with van der Waals surface area (Å²) in [6.45, 7) is 0. The highest BCUT2D eigenvalue weighted by Gasteiger charge is 2.33. The van der Waals surface area contributed by atoms with Crippen molar-refractivity contribution in [1.82, 2.24) is 4.98 Å². The first-order valence-electron chi connectivity index (χ1n) is 8.49. The van der Waals surface area contributed by atoms with Crippen molar-refractivity contribution < 1.29 is 28.7 Å². The molecule has 0 bridgehead atoms. The fraction of sp³-hybridized carbons (Fsp3) is 0.278. The van der Waals surface area contributed by atoms with Crippen LogP contribution in [0.5, 0.6) is 5.75 Å². The molecule has 1 aromatic carbocycles. The highest BCUT2D eigenvalue weighted by atomic mass is 35.5. The lowest BCUT2D eigenvalue weighted by Gasteiger charge is -2.35. The molecular formula is C18H16ClN3O7. The molecule has 0 atom stereocenters. The van der Waals surface area contributed by atoms with Crippen molar-refractivity contribution in [3.05, 3.63) is 57.4 Å². The third-order valence-electron chi connectivity index (χ3n) is 4.24. The highest BCUT2D eigenvalue weighted by molar-refractivity contribution is 6.29. The number of nitro benzene ring substituents is 1. The van der Waals surface area contributed by atoms with Crippen molar-refractivity contribution in [3.8, 4) is 5.75 Å². The summed E-state index contributed by atoms with van der Waals surface area (Å²) in [4.78, 5) is 37.6. The zero-order valence-electron chi connectivity index (χ0n) is 15.2. The Kier molecular flexibility index (Phi) is 6.13. The number of rotatable bonds is 6. The van der Waals surface area contributed by atoms with Gasteiger partial charge in [-0.15, -0.1) is 0 Å². The Labute approximate surface area is 169 Å². The minimum absolute atomic E-state index is 0.0472. The van der Waals surface area contributed by atoms with Gasteiger partial charge in [-0.3, -0.25) is 10.1 Å². The van der Waals surface area contributed by atoms with Gasteiger partial charge in [0.2, 0.25) is 0 Å². The quantitative estimate of drug-likeness (QED) is 0.244. The number of nitro groups is 1. The molecular weight excluding hydrogens is 406 g/mol. The second kappa shape index (κ2) is 8.74. The maximum atomic E-state index is 11.8. The number of nitrogens with zero attached hydrogens (tertiary/aromatic N) is 2. The fourth-order valence-electron chi connectivity index (χ4n) is 2.71. The highest BCUT2D eigenvalue weighted by Crippen LogP contribution is 2.30. The van der Waals surface area contributed by atoms with Crippen molar-refractivity contribution in [1.29, 1.82) is 0 Å². The standard InChI is InChI=1S/C18H16ClN3O7/c1-27-17(23)14-9-20-16(19)8-15(14)21-10-6-13(7-10)29-18(24)28-12-4-2-11(3-5-12)22(25)26/h2-5,8-10,13H,6-7H2,1H3,(H,20,21). The lowest BCUT2D eigenvalue weighted by atomic mass is 9.89. The van der Waals surface area contributed by atoms with E-state index in [4.69, 9.17) is 25.8 Å². The summed E-state index contributed by atoms with van der Waals surface area (Å²) < 4.78 is 14.9. The van der Waals surface area contributed by atoms with Crippen molar-refractivity contribution in [3.63, 3.8) is 0 Å². The van der Waals surface area contributed by atoms with E-state index in [1.54, 1.807) is 0 Å². The summed E-state index contributed by atoms with van der Waals surface area (Å²) in [5.74, 6) is -0.404. The number of aromatic nitrogens is 1. The van der Waals surface area contributed by atoms with Gasteiger partial charge in [-0.2, -0.15) is 0 Å². The number of hydrogen-bond acceptors (Lipinski definition) is 9. The lowest BCUT2D eigenvalue weighted by molar-refractivity contribution is -0.384. The van der Waals surface area contributed by atoms with Gasteiger partial charge in [0.15, 0.2) is 0 Å². The first kappa shape index (κ1) is 20.3. The van der Waals surface area contributed by atoms with Crippen molar-refractivity contribution in [2.24, 2.45) is 0 Å². The molecule has 11 heteroatoms. The molecule has 1 aliphatic carbocycles. The Hall–Kier alpha value is -3.40. The van der Waals surface area contributed by atoms with E-state index in [0.29, 0.717) is 18.5 Å². The predicted octanol–water partition coefficient (Wildman–Crippen LogP) is 3.59. The average molecular weight is 422 g/mol. The molecule has 0 amide bonds. The largest absolute Gasteiger partial charge is 0.514 e. The maximum absolute atomic E-state index is 11.8. The summed E-state index contributed by atoms with van der Waals surface area (Å²) >= 11 is 5.88. The van der Waals surface area contributed by atoms with Crippen LogP contribution in [0.15, 0.2) is 36.5 Å². The molecule has 2 aromatic rings. The molecule has 0 spiro atoms. The molecule has 1 aliphatic rings. The molecule has 1 aromatic heterocycles. The van der Waals surface area contributed by atoms with Crippen LogP contribution in [0.3, 0.4) is 0 Å². The molecule has 0 aliphatic heterocycles. The molecule has 0 radical (unpaired) electrons. The van der Waals surface area contributed by atoms with Gasteiger partial charge in [0.1, 0.15) is 22.6 Å². The van der Waals surface area contributed by atoms with Crippen LogP contribution < -0.4 is 10.1 Å². The minimum atomic E-state index is -0.899. The van der Waals surface area contributed by atoms with Crippen LogP contribution >= 0.6 is 11.6 Å². The van der Waals surface area contributed by atoms with Gasteiger partial charge in [-0.1, -0.05) is 11.6 Å². The fourth-order valence-corrected chi connectivity index (χ4v) is 2.87. The predicted molar refractivity (Wildman–Crippen MR) is 101 cm³/mol. The van der Waals surface area contributed by atoms with Crippen molar-refractivity contribution in [2.45, 2.75) is 25.0 Å². The Morgan fingerprint density at radius 2 is 1.97 bits per heavy atom. The molecule has 1 heterocycles. The van der Waals surface area contributed by atoms with Gasteiger partial charge < -0.3 is 19.5 Å². The molecule has 1 saturated carbocycles. The minimum Gasteiger partial charge on any atom is -0.465 e. The molecule has 1 N–H and O–H groups in total. The monoisotopic (exact) mass is 421 g/mol. The summed E-state index contributed by atoms with van der Waals surface area (Å²) in [7, 11) is 1.27. The molecule has 29 heavy (non-hydrogen) atoms. The third-order valence-corrected chi connectivity index (χ3v) is 4.45. The number of carbonyl (C=O) groups excluding carboxylic acids is 2. The summed E-state index contributed by atoms with van der Waals surface area (Å²) in [6.07, 6.45) is 1.05. The Morgan fingerprint density at radius 3 is 2.59 bits per heavy atom. The Balaban J connectivity index is 1.49. The average Bonchev–Trinajstić information content (AvgIpc) is 2.66. The van der Waals surface area contributed by atoms with E-state index in [-0.39, 0.29) is 34.3 Å². The first-order chi connectivity index (χ1) is 13.9. The summed E-state index contributed by atoms with van der Waals surface area (Å²) in [5, 5.41) is 14.0. The number of non-ortho nitro benzene ring substituents is 1. The van der Waals surface area contributed by atoms with Crippen LogP contribution in [0.2, 0.25) is 5.15 Å². The number of benzene rings is 1.